The van der Waals surface area contributed by atoms with Gasteiger partial charge in [0, 0.05) is 17.6 Å². The van der Waals surface area contributed by atoms with Gasteiger partial charge in [0.25, 0.3) is 0 Å². The second-order valence-corrected chi connectivity index (χ2v) is 7.31. The SMILES string of the molecule is CCC1CCCN(C(C)CC(C)(CO)NC(C)C)CC1. The monoisotopic (exact) mass is 284 g/mol. The van der Waals surface area contributed by atoms with E-state index in [2.05, 4.69) is 44.8 Å². The summed E-state index contributed by atoms with van der Waals surface area (Å²) in [7, 11) is 0. The first kappa shape index (κ1) is 17.9. The van der Waals surface area contributed by atoms with E-state index >= 15 is 0 Å². The molecule has 0 aliphatic carbocycles. The van der Waals surface area contributed by atoms with Crippen LogP contribution in [-0.2, 0) is 0 Å². The third kappa shape index (κ3) is 5.71. The average Bonchev–Trinajstić information content (AvgIpc) is 2.62. The van der Waals surface area contributed by atoms with Crippen LogP contribution in [-0.4, -0.2) is 47.3 Å². The van der Waals surface area contributed by atoms with Crippen molar-refractivity contribution < 1.29 is 5.11 Å². The minimum atomic E-state index is -0.163. The number of likely N-dealkylation sites (tertiary alicyclic amines) is 1. The maximum absolute atomic E-state index is 9.74. The minimum absolute atomic E-state index is 0.163. The van der Waals surface area contributed by atoms with Gasteiger partial charge in [-0.2, -0.15) is 0 Å². The number of hydrogen-bond acceptors (Lipinski definition) is 3. The molecule has 1 saturated heterocycles. The fourth-order valence-electron chi connectivity index (χ4n) is 3.68. The highest BCUT2D eigenvalue weighted by atomic mass is 16.3. The third-order valence-corrected chi connectivity index (χ3v) is 4.82. The van der Waals surface area contributed by atoms with Gasteiger partial charge in [0.15, 0.2) is 0 Å². The average molecular weight is 284 g/mol. The predicted molar refractivity (Wildman–Crippen MR) is 87.0 cm³/mol. The maximum atomic E-state index is 9.74. The van der Waals surface area contributed by atoms with E-state index in [4.69, 9.17) is 0 Å². The van der Waals surface area contributed by atoms with Crippen molar-refractivity contribution in [1.82, 2.24) is 10.2 Å². The molecule has 3 heteroatoms. The summed E-state index contributed by atoms with van der Waals surface area (Å²) in [6, 6.07) is 0.946. The van der Waals surface area contributed by atoms with Crippen molar-refractivity contribution in [1.29, 1.82) is 0 Å². The second-order valence-electron chi connectivity index (χ2n) is 7.31. The molecule has 20 heavy (non-hydrogen) atoms. The zero-order chi connectivity index (χ0) is 15.2. The lowest BCUT2D eigenvalue weighted by Gasteiger charge is -2.37. The largest absolute Gasteiger partial charge is 0.394 e. The van der Waals surface area contributed by atoms with Crippen LogP contribution < -0.4 is 5.32 Å². The molecule has 0 aromatic rings. The molecule has 1 fully saturated rings. The summed E-state index contributed by atoms with van der Waals surface area (Å²) in [5, 5.41) is 13.3. The molecule has 3 unspecified atom stereocenters. The van der Waals surface area contributed by atoms with E-state index in [0.717, 1.165) is 12.3 Å². The van der Waals surface area contributed by atoms with Crippen LogP contribution in [0.2, 0.25) is 0 Å². The molecule has 0 radical (unpaired) electrons. The van der Waals surface area contributed by atoms with Crippen LogP contribution in [0, 0.1) is 5.92 Å². The maximum Gasteiger partial charge on any atom is 0.0611 e. The van der Waals surface area contributed by atoms with Crippen LogP contribution in [0.15, 0.2) is 0 Å². The lowest BCUT2D eigenvalue weighted by molar-refractivity contribution is 0.110. The van der Waals surface area contributed by atoms with Crippen LogP contribution in [0.1, 0.15) is 66.7 Å². The Labute approximate surface area is 126 Å². The first-order chi connectivity index (χ1) is 9.40. The Hall–Kier alpha value is -0.120. The van der Waals surface area contributed by atoms with Crippen LogP contribution >= 0.6 is 0 Å². The standard InChI is InChI=1S/C17H36N2O/c1-6-16-8-7-10-19(11-9-16)15(4)12-17(5,13-20)18-14(2)3/h14-16,18,20H,6-13H2,1-5H3. The van der Waals surface area contributed by atoms with Gasteiger partial charge in [-0.3, -0.25) is 0 Å². The third-order valence-electron chi connectivity index (χ3n) is 4.82. The number of rotatable bonds is 7. The summed E-state index contributed by atoms with van der Waals surface area (Å²) in [5.74, 6) is 0.921. The van der Waals surface area contributed by atoms with Crippen LogP contribution in [0.3, 0.4) is 0 Å². The van der Waals surface area contributed by atoms with Crippen LogP contribution in [0.25, 0.3) is 0 Å². The molecule has 1 rings (SSSR count). The van der Waals surface area contributed by atoms with Crippen molar-refractivity contribution in [2.45, 2.75) is 84.3 Å². The van der Waals surface area contributed by atoms with Gasteiger partial charge in [0.2, 0.25) is 0 Å². The molecule has 0 aromatic carbocycles. The minimum Gasteiger partial charge on any atom is -0.394 e. The molecule has 3 nitrogen and oxygen atoms in total. The van der Waals surface area contributed by atoms with Crippen molar-refractivity contribution >= 4 is 0 Å². The van der Waals surface area contributed by atoms with Crippen molar-refractivity contribution in [3.8, 4) is 0 Å². The highest BCUT2D eigenvalue weighted by Crippen LogP contribution is 2.24. The van der Waals surface area contributed by atoms with Gasteiger partial charge in [0.05, 0.1) is 6.61 Å². The molecular formula is C17H36N2O. The van der Waals surface area contributed by atoms with Crippen molar-refractivity contribution in [2.24, 2.45) is 5.92 Å². The van der Waals surface area contributed by atoms with Crippen LogP contribution in [0.4, 0.5) is 0 Å². The van der Waals surface area contributed by atoms with E-state index in [0.29, 0.717) is 12.1 Å². The smallest absolute Gasteiger partial charge is 0.0611 e. The number of nitrogens with zero attached hydrogens (tertiary/aromatic N) is 1. The van der Waals surface area contributed by atoms with Crippen molar-refractivity contribution in [3.05, 3.63) is 0 Å². The number of aliphatic hydroxyl groups excluding tert-OH is 1. The molecule has 0 spiro atoms. The first-order valence-corrected chi connectivity index (χ1v) is 8.52. The van der Waals surface area contributed by atoms with E-state index in [-0.39, 0.29) is 12.1 Å². The topological polar surface area (TPSA) is 35.5 Å². The lowest BCUT2D eigenvalue weighted by Crippen LogP contribution is -2.53. The molecule has 2 N–H and O–H groups in total. The molecule has 0 bridgehead atoms. The summed E-state index contributed by atoms with van der Waals surface area (Å²) in [6.45, 7) is 13.7. The Bertz CT molecular complexity index is 270. The lowest BCUT2D eigenvalue weighted by atomic mass is 9.92. The summed E-state index contributed by atoms with van der Waals surface area (Å²) in [6.07, 6.45) is 6.40. The zero-order valence-electron chi connectivity index (χ0n) is 14.3. The molecule has 1 aliphatic rings. The number of nitrogens with one attached hydrogen (secondary N) is 1. The summed E-state index contributed by atoms with van der Waals surface area (Å²) in [5.41, 5.74) is -0.163. The first-order valence-electron chi connectivity index (χ1n) is 8.52. The molecular weight excluding hydrogens is 248 g/mol. The van der Waals surface area contributed by atoms with Crippen molar-refractivity contribution in [3.63, 3.8) is 0 Å². The van der Waals surface area contributed by atoms with E-state index in [1.807, 2.05) is 0 Å². The van der Waals surface area contributed by atoms with Gasteiger partial charge in [-0.1, -0.05) is 27.2 Å². The van der Waals surface area contributed by atoms with E-state index < -0.39 is 0 Å². The number of aliphatic hydroxyl groups is 1. The summed E-state index contributed by atoms with van der Waals surface area (Å²) < 4.78 is 0. The molecule has 1 heterocycles. The Morgan fingerprint density at radius 3 is 2.50 bits per heavy atom. The normalized spacial score (nSPS) is 26.2. The molecule has 3 atom stereocenters. The number of hydrogen-bond donors (Lipinski definition) is 2. The Morgan fingerprint density at radius 1 is 1.25 bits per heavy atom. The Kier molecular flexibility index (Phi) is 7.49. The van der Waals surface area contributed by atoms with Gasteiger partial charge >= 0.3 is 0 Å². The van der Waals surface area contributed by atoms with Crippen molar-refractivity contribution in [2.75, 3.05) is 19.7 Å². The van der Waals surface area contributed by atoms with Gasteiger partial charge < -0.3 is 15.3 Å². The van der Waals surface area contributed by atoms with E-state index in [9.17, 15) is 5.11 Å². The summed E-state index contributed by atoms with van der Waals surface area (Å²) >= 11 is 0. The van der Waals surface area contributed by atoms with Gasteiger partial charge in [-0.15, -0.1) is 0 Å². The molecule has 0 aromatic heterocycles. The van der Waals surface area contributed by atoms with Gasteiger partial charge in [-0.25, -0.2) is 0 Å². The Morgan fingerprint density at radius 2 is 1.95 bits per heavy atom. The second kappa shape index (κ2) is 8.35. The van der Waals surface area contributed by atoms with E-state index in [1.54, 1.807) is 0 Å². The molecule has 0 saturated carbocycles. The molecule has 0 amide bonds. The Balaban J connectivity index is 2.53. The van der Waals surface area contributed by atoms with Gasteiger partial charge in [0.1, 0.15) is 0 Å². The molecule has 1 aliphatic heterocycles. The van der Waals surface area contributed by atoms with Crippen LogP contribution in [0.5, 0.6) is 0 Å². The highest BCUT2D eigenvalue weighted by Gasteiger charge is 2.29. The highest BCUT2D eigenvalue weighted by molar-refractivity contribution is 4.89. The fraction of sp³-hybridized carbons (Fsp3) is 1.00. The fourth-order valence-corrected chi connectivity index (χ4v) is 3.68. The quantitative estimate of drug-likeness (QED) is 0.754. The zero-order valence-corrected chi connectivity index (χ0v) is 14.3. The summed E-state index contributed by atoms with van der Waals surface area (Å²) in [4.78, 5) is 2.63. The predicted octanol–water partition coefficient (Wildman–Crippen LogP) is 3.03. The molecule has 120 valence electrons. The van der Waals surface area contributed by atoms with Gasteiger partial charge in [-0.05, 0) is 58.5 Å². The van der Waals surface area contributed by atoms with E-state index in [1.165, 1.54) is 38.8 Å².